The Morgan fingerprint density at radius 3 is 2.50 bits per heavy atom. The zero-order valence-electron chi connectivity index (χ0n) is 11.1. The van der Waals surface area contributed by atoms with E-state index < -0.39 is 21.7 Å². The number of rotatable bonds is 4. The number of ether oxygens (including phenoxy) is 1. The van der Waals surface area contributed by atoms with E-state index in [4.69, 9.17) is 0 Å². The number of aryl methyl sites for hydroxylation is 2. The molecule has 0 saturated carbocycles. The van der Waals surface area contributed by atoms with Crippen molar-refractivity contribution in [2.24, 2.45) is 5.92 Å². The SMILES string of the molecule is COC(=O)C(C)CS(=O)(=O)c1cc(C)ccc1C. The number of sulfone groups is 1. The van der Waals surface area contributed by atoms with Gasteiger partial charge in [0.25, 0.3) is 0 Å². The molecule has 0 aliphatic heterocycles. The minimum absolute atomic E-state index is 0.232. The van der Waals surface area contributed by atoms with Gasteiger partial charge in [-0.2, -0.15) is 0 Å². The van der Waals surface area contributed by atoms with Crippen molar-refractivity contribution in [1.29, 1.82) is 0 Å². The molecule has 0 aliphatic rings. The van der Waals surface area contributed by atoms with Crippen LogP contribution in [0.5, 0.6) is 0 Å². The Morgan fingerprint density at radius 1 is 1.33 bits per heavy atom. The Bertz CT molecular complexity index is 546. The van der Waals surface area contributed by atoms with Crippen LogP contribution in [0.1, 0.15) is 18.1 Å². The standard InChI is InChI=1S/C13H18O4S/c1-9-5-6-10(2)12(7-9)18(15,16)8-11(3)13(14)17-4/h5-7,11H,8H2,1-4H3. The summed E-state index contributed by atoms with van der Waals surface area (Å²) in [6.45, 7) is 5.13. The maximum absolute atomic E-state index is 12.2. The summed E-state index contributed by atoms with van der Waals surface area (Å²) in [4.78, 5) is 11.6. The average Bonchev–Trinajstić information content (AvgIpc) is 2.30. The maximum Gasteiger partial charge on any atom is 0.309 e. The number of benzene rings is 1. The zero-order chi connectivity index (χ0) is 13.9. The van der Waals surface area contributed by atoms with Gasteiger partial charge in [-0.25, -0.2) is 8.42 Å². The van der Waals surface area contributed by atoms with E-state index >= 15 is 0 Å². The number of hydrogen-bond donors (Lipinski definition) is 0. The number of esters is 1. The van der Waals surface area contributed by atoms with Gasteiger partial charge in [-0.3, -0.25) is 4.79 Å². The van der Waals surface area contributed by atoms with E-state index in [1.165, 1.54) is 7.11 Å². The van der Waals surface area contributed by atoms with E-state index in [9.17, 15) is 13.2 Å². The number of methoxy groups -OCH3 is 1. The van der Waals surface area contributed by atoms with Crippen molar-refractivity contribution >= 4 is 15.8 Å². The molecule has 1 aromatic carbocycles. The second-order valence-electron chi connectivity index (χ2n) is 4.47. The molecule has 0 aromatic heterocycles. The van der Waals surface area contributed by atoms with Crippen LogP contribution in [0.2, 0.25) is 0 Å². The van der Waals surface area contributed by atoms with Crippen LogP contribution >= 0.6 is 0 Å². The molecule has 100 valence electrons. The van der Waals surface area contributed by atoms with Gasteiger partial charge >= 0.3 is 5.97 Å². The van der Waals surface area contributed by atoms with Crippen LogP contribution in [0.3, 0.4) is 0 Å². The van der Waals surface area contributed by atoms with Crippen LogP contribution < -0.4 is 0 Å². The lowest BCUT2D eigenvalue weighted by Gasteiger charge is -2.12. The fourth-order valence-electron chi connectivity index (χ4n) is 1.73. The maximum atomic E-state index is 12.2. The molecular formula is C13H18O4S. The first-order valence-corrected chi connectivity index (χ1v) is 7.31. The molecule has 0 aliphatic carbocycles. The third-order valence-corrected chi connectivity index (χ3v) is 4.80. The van der Waals surface area contributed by atoms with Crippen molar-refractivity contribution < 1.29 is 17.9 Å². The lowest BCUT2D eigenvalue weighted by atomic mass is 10.2. The first kappa shape index (κ1) is 14.7. The minimum Gasteiger partial charge on any atom is -0.469 e. The molecule has 1 rings (SSSR count). The molecule has 0 fully saturated rings. The van der Waals surface area contributed by atoms with Crippen LogP contribution in [-0.2, 0) is 19.4 Å². The summed E-state index contributed by atoms with van der Waals surface area (Å²) in [6.07, 6.45) is 0. The summed E-state index contributed by atoms with van der Waals surface area (Å²) < 4.78 is 29.0. The molecule has 0 spiro atoms. The van der Waals surface area contributed by atoms with Crippen LogP contribution in [0.4, 0.5) is 0 Å². The van der Waals surface area contributed by atoms with Gasteiger partial charge in [0.15, 0.2) is 9.84 Å². The summed E-state index contributed by atoms with van der Waals surface area (Å²) in [6, 6.07) is 5.26. The lowest BCUT2D eigenvalue weighted by Crippen LogP contribution is -2.23. The second kappa shape index (κ2) is 5.52. The summed E-state index contributed by atoms with van der Waals surface area (Å²) in [7, 11) is -2.22. The molecule has 0 heterocycles. The van der Waals surface area contributed by atoms with Crippen LogP contribution in [0.25, 0.3) is 0 Å². The highest BCUT2D eigenvalue weighted by Gasteiger charge is 2.25. The third kappa shape index (κ3) is 3.32. The van der Waals surface area contributed by atoms with Crippen molar-refractivity contribution in [2.45, 2.75) is 25.7 Å². The zero-order valence-corrected chi connectivity index (χ0v) is 11.9. The van der Waals surface area contributed by atoms with Gasteiger partial charge in [-0.05, 0) is 31.0 Å². The quantitative estimate of drug-likeness (QED) is 0.784. The first-order valence-electron chi connectivity index (χ1n) is 5.65. The Morgan fingerprint density at radius 2 is 1.94 bits per heavy atom. The van der Waals surface area contributed by atoms with E-state index in [2.05, 4.69) is 4.74 Å². The Balaban J connectivity index is 3.07. The molecule has 0 bridgehead atoms. The molecule has 18 heavy (non-hydrogen) atoms. The van der Waals surface area contributed by atoms with Crippen LogP contribution in [0, 0.1) is 19.8 Å². The normalized spacial score (nSPS) is 13.1. The third-order valence-electron chi connectivity index (χ3n) is 2.75. The lowest BCUT2D eigenvalue weighted by molar-refractivity contribution is -0.144. The van der Waals surface area contributed by atoms with Crippen molar-refractivity contribution in [3.05, 3.63) is 29.3 Å². The predicted octanol–water partition coefficient (Wildman–Crippen LogP) is 1.89. The van der Waals surface area contributed by atoms with Crippen molar-refractivity contribution in [3.8, 4) is 0 Å². The Hall–Kier alpha value is -1.36. The van der Waals surface area contributed by atoms with E-state index in [1.807, 2.05) is 13.0 Å². The highest BCUT2D eigenvalue weighted by Crippen LogP contribution is 2.20. The van der Waals surface area contributed by atoms with E-state index in [-0.39, 0.29) is 5.75 Å². The first-order chi connectivity index (χ1) is 8.27. The van der Waals surface area contributed by atoms with Crippen molar-refractivity contribution in [1.82, 2.24) is 0 Å². The molecule has 0 amide bonds. The minimum atomic E-state index is -3.47. The number of carbonyl (C=O) groups is 1. The van der Waals surface area contributed by atoms with Gasteiger partial charge < -0.3 is 4.74 Å². The van der Waals surface area contributed by atoms with Crippen molar-refractivity contribution in [3.63, 3.8) is 0 Å². The summed E-state index contributed by atoms with van der Waals surface area (Å²) in [5.41, 5.74) is 1.57. The van der Waals surface area contributed by atoms with Crippen LogP contribution in [0.15, 0.2) is 23.1 Å². The van der Waals surface area contributed by atoms with Crippen molar-refractivity contribution in [2.75, 3.05) is 12.9 Å². The second-order valence-corrected chi connectivity index (χ2v) is 6.48. The van der Waals surface area contributed by atoms with Gasteiger partial charge in [0.1, 0.15) is 0 Å². The van der Waals surface area contributed by atoms with Gasteiger partial charge in [-0.1, -0.05) is 19.1 Å². The largest absolute Gasteiger partial charge is 0.469 e. The van der Waals surface area contributed by atoms with Crippen LogP contribution in [-0.4, -0.2) is 27.2 Å². The van der Waals surface area contributed by atoms with E-state index in [1.54, 1.807) is 26.0 Å². The molecular weight excluding hydrogens is 252 g/mol. The molecule has 1 aromatic rings. The average molecular weight is 270 g/mol. The van der Waals surface area contributed by atoms with E-state index in [0.29, 0.717) is 10.5 Å². The molecule has 5 heteroatoms. The number of hydrogen-bond acceptors (Lipinski definition) is 4. The topological polar surface area (TPSA) is 60.4 Å². The molecule has 1 unspecified atom stereocenters. The molecule has 1 atom stereocenters. The molecule has 4 nitrogen and oxygen atoms in total. The summed E-state index contributed by atoms with van der Waals surface area (Å²) in [5.74, 6) is -1.41. The van der Waals surface area contributed by atoms with Gasteiger partial charge in [0.2, 0.25) is 0 Å². The monoisotopic (exact) mass is 270 g/mol. The Labute approximate surface area is 108 Å². The van der Waals surface area contributed by atoms with Gasteiger partial charge in [0.05, 0.1) is 23.7 Å². The number of carbonyl (C=O) groups excluding carboxylic acids is 1. The Kier molecular flexibility index (Phi) is 4.51. The molecule has 0 radical (unpaired) electrons. The summed E-state index contributed by atoms with van der Waals surface area (Å²) in [5, 5.41) is 0. The summed E-state index contributed by atoms with van der Waals surface area (Å²) >= 11 is 0. The fraction of sp³-hybridized carbons (Fsp3) is 0.462. The fourth-order valence-corrected chi connectivity index (χ4v) is 3.63. The molecule has 0 N–H and O–H groups in total. The smallest absolute Gasteiger partial charge is 0.309 e. The molecule has 0 saturated heterocycles. The van der Waals surface area contributed by atoms with Gasteiger partial charge in [0, 0.05) is 0 Å². The van der Waals surface area contributed by atoms with Gasteiger partial charge in [-0.15, -0.1) is 0 Å². The van der Waals surface area contributed by atoms with E-state index in [0.717, 1.165) is 5.56 Å². The highest BCUT2D eigenvalue weighted by molar-refractivity contribution is 7.91. The predicted molar refractivity (Wildman–Crippen MR) is 69.1 cm³/mol. The highest BCUT2D eigenvalue weighted by atomic mass is 32.2.